The summed E-state index contributed by atoms with van der Waals surface area (Å²) in [6, 6.07) is 3.22. The van der Waals surface area contributed by atoms with Crippen LogP contribution in [-0.2, 0) is 15.8 Å². The van der Waals surface area contributed by atoms with Crippen molar-refractivity contribution in [2.45, 2.75) is 44.8 Å². The first-order valence-electron chi connectivity index (χ1n) is 7.62. The van der Waals surface area contributed by atoms with Gasteiger partial charge in [0.05, 0.1) is 10.6 Å². The maximum Gasteiger partial charge on any atom is 0.417 e. The first-order chi connectivity index (χ1) is 11.2. The number of rotatable bonds is 4. The fourth-order valence-corrected chi connectivity index (χ4v) is 2.99. The summed E-state index contributed by atoms with van der Waals surface area (Å²) in [6.07, 6.45) is -0.807. The molecule has 0 aliphatic heterocycles. The maximum absolute atomic E-state index is 13.0. The molecule has 0 heterocycles. The van der Waals surface area contributed by atoms with Crippen molar-refractivity contribution in [1.82, 2.24) is 5.32 Å². The van der Waals surface area contributed by atoms with Crippen molar-refractivity contribution in [1.29, 1.82) is 0 Å². The lowest BCUT2D eigenvalue weighted by Crippen LogP contribution is -2.43. The highest BCUT2D eigenvalue weighted by atomic mass is 35.5. The minimum Gasteiger partial charge on any atom is -0.352 e. The Kier molecular flexibility index (Phi) is 5.74. The highest BCUT2D eigenvalue weighted by molar-refractivity contribution is 6.31. The van der Waals surface area contributed by atoms with Gasteiger partial charge in [-0.3, -0.25) is 9.59 Å². The molecule has 4 nitrogen and oxygen atoms in total. The average molecular weight is 363 g/mol. The second kappa shape index (κ2) is 7.42. The van der Waals surface area contributed by atoms with Crippen LogP contribution < -0.4 is 10.2 Å². The number of anilines is 1. The quantitative estimate of drug-likeness (QED) is 0.886. The minimum atomic E-state index is -4.64. The van der Waals surface area contributed by atoms with Gasteiger partial charge in [-0.25, -0.2) is 0 Å². The predicted octanol–water partition coefficient (Wildman–Crippen LogP) is 3.77. The molecule has 0 unspecified atom stereocenters. The molecular formula is C16H18ClF3N2O2. The summed E-state index contributed by atoms with van der Waals surface area (Å²) in [5.74, 6) is -0.910. The molecule has 1 aliphatic carbocycles. The Morgan fingerprint density at radius 2 is 1.92 bits per heavy atom. The molecule has 1 aliphatic rings. The fourth-order valence-electron chi connectivity index (χ4n) is 2.77. The van der Waals surface area contributed by atoms with Gasteiger partial charge in [0.15, 0.2) is 0 Å². The third-order valence-electron chi connectivity index (χ3n) is 3.97. The van der Waals surface area contributed by atoms with Crippen molar-refractivity contribution < 1.29 is 22.8 Å². The van der Waals surface area contributed by atoms with Gasteiger partial charge in [-0.05, 0) is 31.0 Å². The van der Waals surface area contributed by atoms with Crippen molar-refractivity contribution in [3.63, 3.8) is 0 Å². The van der Waals surface area contributed by atoms with E-state index in [-0.39, 0.29) is 24.2 Å². The Morgan fingerprint density at radius 1 is 1.29 bits per heavy atom. The summed E-state index contributed by atoms with van der Waals surface area (Å²) in [5.41, 5.74) is -1.05. The van der Waals surface area contributed by atoms with Gasteiger partial charge < -0.3 is 10.2 Å². The van der Waals surface area contributed by atoms with Crippen molar-refractivity contribution >= 4 is 29.1 Å². The van der Waals surface area contributed by atoms with E-state index in [0.29, 0.717) is 0 Å². The van der Waals surface area contributed by atoms with Crippen LogP contribution in [0.2, 0.25) is 5.02 Å². The van der Waals surface area contributed by atoms with Crippen LogP contribution in [0.25, 0.3) is 0 Å². The van der Waals surface area contributed by atoms with Gasteiger partial charge in [0.25, 0.3) is 0 Å². The molecule has 0 atom stereocenters. The Balaban J connectivity index is 2.18. The molecule has 0 radical (unpaired) electrons. The van der Waals surface area contributed by atoms with Crippen LogP contribution in [0.5, 0.6) is 0 Å². The molecular weight excluding hydrogens is 345 g/mol. The average Bonchev–Trinajstić information content (AvgIpc) is 2.97. The zero-order valence-electron chi connectivity index (χ0n) is 13.1. The topological polar surface area (TPSA) is 49.4 Å². The van der Waals surface area contributed by atoms with Crippen molar-refractivity contribution in [3.8, 4) is 0 Å². The molecule has 0 bridgehead atoms. The van der Waals surface area contributed by atoms with E-state index in [9.17, 15) is 22.8 Å². The molecule has 0 aromatic heterocycles. The lowest BCUT2D eigenvalue weighted by molar-refractivity contribution is -0.137. The number of carbonyl (C=O) groups is 2. The molecule has 132 valence electrons. The van der Waals surface area contributed by atoms with E-state index in [0.717, 1.165) is 42.7 Å². The van der Waals surface area contributed by atoms with Crippen LogP contribution in [0.1, 0.15) is 38.2 Å². The minimum absolute atomic E-state index is 0.0132. The van der Waals surface area contributed by atoms with Crippen molar-refractivity contribution in [2.24, 2.45) is 0 Å². The van der Waals surface area contributed by atoms with Crippen LogP contribution in [0, 0.1) is 0 Å². The van der Waals surface area contributed by atoms with Crippen LogP contribution in [0.4, 0.5) is 18.9 Å². The van der Waals surface area contributed by atoms with Gasteiger partial charge >= 0.3 is 6.18 Å². The van der Waals surface area contributed by atoms with Crippen molar-refractivity contribution in [3.05, 3.63) is 28.8 Å². The molecule has 0 spiro atoms. The second-order valence-electron chi connectivity index (χ2n) is 5.82. The number of nitrogens with one attached hydrogen (secondary N) is 1. The third kappa shape index (κ3) is 4.63. The van der Waals surface area contributed by atoms with E-state index in [4.69, 9.17) is 11.6 Å². The molecule has 8 heteroatoms. The van der Waals surface area contributed by atoms with E-state index in [1.54, 1.807) is 0 Å². The van der Waals surface area contributed by atoms with E-state index >= 15 is 0 Å². The van der Waals surface area contributed by atoms with E-state index in [1.807, 2.05) is 0 Å². The summed E-state index contributed by atoms with van der Waals surface area (Å²) in [5, 5.41) is 2.36. The number of amides is 2. The van der Waals surface area contributed by atoms with Crippen LogP contribution >= 0.6 is 11.6 Å². The van der Waals surface area contributed by atoms with E-state index < -0.39 is 22.7 Å². The predicted molar refractivity (Wildman–Crippen MR) is 84.9 cm³/mol. The molecule has 0 saturated heterocycles. The zero-order valence-corrected chi connectivity index (χ0v) is 13.9. The molecule has 1 N–H and O–H groups in total. The monoisotopic (exact) mass is 362 g/mol. The molecule has 1 saturated carbocycles. The smallest absolute Gasteiger partial charge is 0.352 e. The standard InChI is InChI=1S/C16H18ClF3N2O2/c1-10(23)22(9-15(24)21-11-4-2-3-5-11)12-6-7-14(17)13(8-12)16(18,19)20/h6-8,11H,2-5,9H2,1H3,(H,21,24). The van der Waals surface area contributed by atoms with Crippen LogP contribution in [0.3, 0.4) is 0 Å². The highest BCUT2D eigenvalue weighted by Crippen LogP contribution is 2.37. The molecule has 24 heavy (non-hydrogen) atoms. The lowest BCUT2D eigenvalue weighted by atomic mass is 10.1. The molecule has 1 aromatic rings. The van der Waals surface area contributed by atoms with Gasteiger partial charge in [0, 0.05) is 18.7 Å². The summed E-state index contributed by atoms with van der Waals surface area (Å²) >= 11 is 5.58. The Hall–Kier alpha value is -1.76. The Labute approximate surface area is 143 Å². The fraction of sp³-hybridized carbons (Fsp3) is 0.500. The van der Waals surface area contributed by atoms with Gasteiger partial charge in [-0.15, -0.1) is 0 Å². The zero-order chi connectivity index (χ0) is 17.9. The summed E-state index contributed by atoms with van der Waals surface area (Å²) in [7, 11) is 0. The van der Waals surface area contributed by atoms with Crippen LogP contribution in [0.15, 0.2) is 18.2 Å². The third-order valence-corrected chi connectivity index (χ3v) is 4.30. The molecule has 2 rings (SSSR count). The number of alkyl halides is 3. The first-order valence-corrected chi connectivity index (χ1v) is 8.00. The first kappa shape index (κ1) is 18.6. The number of carbonyl (C=O) groups excluding carboxylic acids is 2. The largest absolute Gasteiger partial charge is 0.417 e. The number of hydrogen-bond donors (Lipinski definition) is 1. The second-order valence-corrected chi connectivity index (χ2v) is 6.22. The molecule has 1 aromatic carbocycles. The van der Waals surface area contributed by atoms with Gasteiger partial charge in [-0.1, -0.05) is 24.4 Å². The SMILES string of the molecule is CC(=O)N(CC(=O)NC1CCCC1)c1ccc(Cl)c(C(F)(F)F)c1. The molecule has 2 amide bonds. The number of nitrogens with zero attached hydrogens (tertiary/aromatic N) is 1. The van der Waals surface area contributed by atoms with Gasteiger partial charge in [0.1, 0.15) is 6.54 Å². The summed E-state index contributed by atoms with van der Waals surface area (Å²) in [6.45, 7) is 0.871. The normalized spacial score (nSPS) is 15.4. The number of hydrogen-bond acceptors (Lipinski definition) is 2. The van der Waals surface area contributed by atoms with Crippen molar-refractivity contribution in [2.75, 3.05) is 11.4 Å². The van der Waals surface area contributed by atoms with E-state index in [1.165, 1.54) is 13.0 Å². The Morgan fingerprint density at radius 3 is 2.46 bits per heavy atom. The molecule has 1 fully saturated rings. The number of halogens is 4. The number of benzene rings is 1. The Bertz CT molecular complexity index is 628. The van der Waals surface area contributed by atoms with Crippen LogP contribution in [-0.4, -0.2) is 24.4 Å². The lowest BCUT2D eigenvalue weighted by Gasteiger charge is -2.23. The summed E-state index contributed by atoms with van der Waals surface area (Å²) < 4.78 is 38.9. The van der Waals surface area contributed by atoms with Gasteiger partial charge in [0.2, 0.25) is 11.8 Å². The maximum atomic E-state index is 13.0. The highest BCUT2D eigenvalue weighted by Gasteiger charge is 2.34. The summed E-state index contributed by atoms with van der Waals surface area (Å²) in [4.78, 5) is 24.9. The van der Waals surface area contributed by atoms with E-state index in [2.05, 4.69) is 5.32 Å². The van der Waals surface area contributed by atoms with Gasteiger partial charge in [-0.2, -0.15) is 13.2 Å².